The van der Waals surface area contributed by atoms with Crippen LogP contribution in [0.4, 0.5) is 0 Å². The number of nitrogens with one attached hydrogen (secondary N) is 2. The maximum Gasteiger partial charge on any atom is 0.243 e. The molecule has 1 aromatic heterocycles. The highest BCUT2D eigenvalue weighted by molar-refractivity contribution is 9.10. The molecule has 4 nitrogen and oxygen atoms in total. The normalized spacial score (nSPS) is 15.4. The largest absolute Gasteiger partial charge is 0.361 e. The lowest BCUT2D eigenvalue weighted by atomic mass is 10.2. The maximum absolute atomic E-state index is 11.4. The molecule has 18 heavy (non-hydrogen) atoms. The first-order valence-corrected chi connectivity index (χ1v) is 6.63. The Kier molecular flexibility index (Phi) is 2.91. The summed E-state index contributed by atoms with van der Waals surface area (Å²) in [5.41, 5.74) is 4.58. The lowest BCUT2D eigenvalue weighted by molar-refractivity contribution is -0.122. The van der Waals surface area contributed by atoms with Crippen molar-refractivity contribution in [2.24, 2.45) is 11.0 Å². The predicted octanol–water partition coefficient (Wildman–Crippen LogP) is 2.79. The standard InChI is InChI=1S/C13H12BrN3O/c14-10-3-4-12-11(5-10)9(6-15-12)7-16-17-13(18)8-1-2-8/h3-8,15H,1-2H2,(H,17,18)/b16-7+. The number of hydrogen-bond acceptors (Lipinski definition) is 2. The number of hydrogen-bond donors (Lipinski definition) is 2. The number of rotatable bonds is 3. The van der Waals surface area contributed by atoms with Crippen molar-refractivity contribution in [1.29, 1.82) is 0 Å². The van der Waals surface area contributed by atoms with Gasteiger partial charge in [0.25, 0.3) is 0 Å². The van der Waals surface area contributed by atoms with Crippen LogP contribution >= 0.6 is 15.9 Å². The first-order valence-electron chi connectivity index (χ1n) is 5.83. The number of nitrogens with zero attached hydrogens (tertiary/aromatic N) is 1. The fraction of sp³-hybridized carbons (Fsp3) is 0.231. The molecule has 1 heterocycles. The van der Waals surface area contributed by atoms with Gasteiger partial charge in [-0.05, 0) is 31.0 Å². The van der Waals surface area contributed by atoms with E-state index in [1.807, 2.05) is 24.4 Å². The number of benzene rings is 1. The zero-order valence-electron chi connectivity index (χ0n) is 9.61. The zero-order valence-corrected chi connectivity index (χ0v) is 11.2. The van der Waals surface area contributed by atoms with Gasteiger partial charge in [0.1, 0.15) is 0 Å². The number of halogens is 1. The molecular weight excluding hydrogens is 294 g/mol. The molecule has 0 saturated heterocycles. The van der Waals surface area contributed by atoms with Crippen molar-refractivity contribution >= 4 is 39.0 Å². The Bertz CT molecular complexity index is 628. The van der Waals surface area contributed by atoms with E-state index in [2.05, 4.69) is 31.4 Å². The van der Waals surface area contributed by atoms with Crippen LogP contribution < -0.4 is 5.43 Å². The summed E-state index contributed by atoms with van der Waals surface area (Å²) in [5.74, 6) is 0.200. The monoisotopic (exact) mass is 305 g/mol. The van der Waals surface area contributed by atoms with Gasteiger partial charge in [0.2, 0.25) is 5.91 Å². The summed E-state index contributed by atoms with van der Waals surface area (Å²) < 4.78 is 1.02. The van der Waals surface area contributed by atoms with Crippen LogP contribution in [0.15, 0.2) is 34.0 Å². The average Bonchev–Trinajstić information content (AvgIpc) is 3.13. The summed E-state index contributed by atoms with van der Waals surface area (Å²) in [7, 11) is 0. The van der Waals surface area contributed by atoms with E-state index in [0.717, 1.165) is 33.8 Å². The molecule has 3 rings (SSSR count). The van der Waals surface area contributed by atoms with Gasteiger partial charge in [-0.2, -0.15) is 5.10 Å². The lowest BCUT2D eigenvalue weighted by Gasteiger charge is -1.96. The quantitative estimate of drug-likeness (QED) is 0.665. The van der Waals surface area contributed by atoms with Crippen molar-refractivity contribution in [3.8, 4) is 0 Å². The minimum Gasteiger partial charge on any atom is -0.361 e. The molecule has 1 aliphatic rings. The molecular formula is C13H12BrN3O. The summed E-state index contributed by atoms with van der Waals surface area (Å²) >= 11 is 3.44. The van der Waals surface area contributed by atoms with Crippen LogP contribution in [0.25, 0.3) is 10.9 Å². The second kappa shape index (κ2) is 4.57. The van der Waals surface area contributed by atoms with Crippen molar-refractivity contribution < 1.29 is 4.79 Å². The number of H-pyrrole nitrogens is 1. The molecule has 1 saturated carbocycles. The first kappa shape index (κ1) is 11.5. The van der Waals surface area contributed by atoms with E-state index >= 15 is 0 Å². The topological polar surface area (TPSA) is 57.2 Å². The Labute approximate surface area is 113 Å². The van der Waals surface area contributed by atoms with Gasteiger partial charge in [0.15, 0.2) is 0 Å². The van der Waals surface area contributed by atoms with Crippen LogP contribution in [0.2, 0.25) is 0 Å². The Balaban J connectivity index is 1.79. The minimum atomic E-state index is 0.0206. The molecule has 5 heteroatoms. The van der Waals surface area contributed by atoms with E-state index in [1.54, 1.807) is 6.21 Å². The van der Waals surface area contributed by atoms with Gasteiger partial charge >= 0.3 is 0 Å². The molecule has 0 atom stereocenters. The molecule has 1 aliphatic carbocycles. The fourth-order valence-electron chi connectivity index (χ4n) is 1.82. The second-order valence-corrected chi connectivity index (χ2v) is 5.36. The van der Waals surface area contributed by atoms with Gasteiger partial charge in [-0.15, -0.1) is 0 Å². The summed E-state index contributed by atoms with van der Waals surface area (Å²) in [5, 5.41) is 5.07. The molecule has 92 valence electrons. The van der Waals surface area contributed by atoms with Gasteiger partial charge in [0.05, 0.1) is 6.21 Å². The number of carbonyl (C=O) groups is 1. The van der Waals surface area contributed by atoms with Gasteiger partial charge in [-0.25, -0.2) is 5.43 Å². The minimum absolute atomic E-state index is 0.0206. The highest BCUT2D eigenvalue weighted by Gasteiger charge is 2.29. The molecule has 1 fully saturated rings. The molecule has 2 N–H and O–H groups in total. The summed E-state index contributed by atoms with van der Waals surface area (Å²) in [6, 6.07) is 6.00. The predicted molar refractivity (Wildman–Crippen MR) is 74.5 cm³/mol. The Morgan fingerprint density at radius 1 is 1.50 bits per heavy atom. The second-order valence-electron chi connectivity index (χ2n) is 4.44. The third-order valence-electron chi connectivity index (χ3n) is 3.00. The number of amides is 1. The van der Waals surface area contributed by atoms with Crippen LogP contribution in [0.5, 0.6) is 0 Å². The molecule has 0 aliphatic heterocycles. The van der Waals surface area contributed by atoms with Crippen LogP contribution in [-0.2, 0) is 4.79 Å². The molecule has 0 spiro atoms. The Morgan fingerprint density at radius 3 is 3.11 bits per heavy atom. The van der Waals surface area contributed by atoms with Crippen LogP contribution in [0, 0.1) is 5.92 Å². The average molecular weight is 306 g/mol. The fourth-order valence-corrected chi connectivity index (χ4v) is 2.18. The third-order valence-corrected chi connectivity index (χ3v) is 3.50. The number of carbonyl (C=O) groups excluding carboxylic acids is 1. The smallest absolute Gasteiger partial charge is 0.243 e. The Morgan fingerprint density at radius 2 is 2.33 bits per heavy atom. The van der Waals surface area contributed by atoms with Crippen molar-refractivity contribution in [2.75, 3.05) is 0 Å². The maximum atomic E-state index is 11.4. The molecule has 1 amide bonds. The third kappa shape index (κ3) is 2.31. The van der Waals surface area contributed by atoms with Crippen LogP contribution in [-0.4, -0.2) is 17.1 Å². The summed E-state index contributed by atoms with van der Waals surface area (Å²) in [6.07, 6.45) is 5.53. The van der Waals surface area contributed by atoms with E-state index in [-0.39, 0.29) is 11.8 Å². The lowest BCUT2D eigenvalue weighted by Crippen LogP contribution is -2.18. The molecule has 0 radical (unpaired) electrons. The SMILES string of the molecule is O=C(N/N=C/c1c[nH]c2ccc(Br)cc12)C1CC1. The molecule has 0 unspecified atom stereocenters. The van der Waals surface area contributed by atoms with Crippen molar-refractivity contribution in [3.63, 3.8) is 0 Å². The molecule has 1 aromatic carbocycles. The van der Waals surface area contributed by atoms with E-state index in [4.69, 9.17) is 0 Å². The highest BCUT2D eigenvalue weighted by atomic mass is 79.9. The number of aromatic amines is 1. The first-order chi connectivity index (χ1) is 8.74. The van der Waals surface area contributed by atoms with Gasteiger partial charge < -0.3 is 4.98 Å². The van der Waals surface area contributed by atoms with Crippen molar-refractivity contribution in [3.05, 3.63) is 34.4 Å². The summed E-state index contributed by atoms with van der Waals surface area (Å²) in [4.78, 5) is 14.6. The van der Waals surface area contributed by atoms with Gasteiger partial charge in [-0.3, -0.25) is 4.79 Å². The zero-order chi connectivity index (χ0) is 12.5. The number of aromatic nitrogens is 1. The van der Waals surface area contributed by atoms with Crippen molar-refractivity contribution in [1.82, 2.24) is 10.4 Å². The van der Waals surface area contributed by atoms with Crippen molar-refractivity contribution in [2.45, 2.75) is 12.8 Å². The van der Waals surface area contributed by atoms with E-state index in [9.17, 15) is 4.79 Å². The molecule has 2 aromatic rings. The van der Waals surface area contributed by atoms with E-state index in [1.165, 1.54) is 0 Å². The number of hydrazone groups is 1. The van der Waals surface area contributed by atoms with E-state index in [0.29, 0.717) is 0 Å². The van der Waals surface area contributed by atoms with Gasteiger partial charge in [0, 0.05) is 33.1 Å². The summed E-state index contributed by atoms with van der Waals surface area (Å²) in [6.45, 7) is 0. The Hall–Kier alpha value is -1.62. The van der Waals surface area contributed by atoms with Crippen LogP contribution in [0.3, 0.4) is 0 Å². The van der Waals surface area contributed by atoms with Gasteiger partial charge in [-0.1, -0.05) is 15.9 Å². The number of fused-ring (bicyclic) bond motifs is 1. The highest BCUT2D eigenvalue weighted by Crippen LogP contribution is 2.28. The van der Waals surface area contributed by atoms with E-state index < -0.39 is 0 Å². The van der Waals surface area contributed by atoms with Crippen LogP contribution in [0.1, 0.15) is 18.4 Å². The molecule has 0 bridgehead atoms.